The first kappa shape index (κ1) is 19.6. The normalized spacial score (nSPS) is 21.5. The molecule has 1 unspecified atom stereocenters. The van der Waals surface area contributed by atoms with Crippen molar-refractivity contribution in [3.8, 4) is 0 Å². The molecule has 1 saturated heterocycles. The van der Waals surface area contributed by atoms with Crippen LogP contribution in [0.2, 0.25) is 0 Å². The Morgan fingerprint density at radius 2 is 1.96 bits per heavy atom. The molecule has 3 heterocycles. The Morgan fingerprint density at radius 3 is 2.61 bits per heavy atom. The molecular formula is C19H29N5O3S. The van der Waals surface area contributed by atoms with Gasteiger partial charge in [0.05, 0.1) is 11.4 Å². The van der Waals surface area contributed by atoms with E-state index >= 15 is 0 Å². The highest BCUT2D eigenvalue weighted by molar-refractivity contribution is 7.89. The van der Waals surface area contributed by atoms with Crippen molar-refractivity contribution in [2.75, 3.05) is 13.1 Å². The monoisotopic (exact) mass is 407 g/mol. The molecule has 2 aromatic heterocycles. The number of sulfonamides is 1. The van der Waals surface area contributed by atoms with Crippen LogP contribution < -0.4 is 0 Å². The number of hydrogen-bond acceptors (Lipinski definition) is 6. The number of aryl methyl sites for hydroxylation is 1. The van der Waals surface area contributed by atoms with Gasteiger partial charge in [0.15, 0.2) is 5.82 Å². The van der Waals surface area contributed by atoms with Crippen molar-refractivity contribution in [1.82, 2.24) is 24.2 Å². The minimum atomic E-state index is -3.58. The quantitative estimate of drug-likeness (QED) is 0.731. The van der Waals surface area contributed by atoms with Crippen LogP contribution in [0.3, 0.4) is 0 Å². The van der Waals surface area contributed by atoms with Crippen molar-refractivity contribution in [2.24, 2.45) is 5.92 Å². The Balaban J connectivity index is 1.51. The standard InChI is InChI=1S/C19H29N5O3S/c1-12(2)24-14(4)18(13(3)21-24)28(25,26)23-9-5-6-15(11-23)10-17-20-19(22-27-17)16-7-8-16/h12,15-16H,5-11H2,1-4H3. The second kappa shape index (κ2) is 7.26. The minimum absolute atomic E-state index is 0.120. The topological polar surface area (TPSA) is 94.1 Å². The lowest BCUT2D eigenvalue weighted by Gasteiger charge is -2.31. The molecule has 1 saturated carbocycles. The summed E-state index contributed by atoms with van der Waals surface area (Å²) in [6, 6.07) is 0.120. The lowest BCUT2D eigenvalue weighted by Crippen LogP contribution is -2.40. The predicted octanol–water partition coefficient (Wildman–Crippen LogP) is 2.98. The van der Waals surface area contributed by atoms with Crippen LogP contribution in [0.25, 0.3) is 0 Å². The van der Waals surface area contributed by atoms with Gasteiger partial charge in [0.2, 0.25) is 15.9 Å². The van der Waals surface area contributed by atoms with Crippen LogP contribution in [0, 0.1) is 19.8 Å². The Morgan fingerprint density at radius 1 is 1.21 bits per heavy atom. The second-order valence-electron chi connectivity index (χ2n) is 8.43. The molecule has 0 radical (unpaired) electrons. The largest absolute Gasteiger partial charge is 0.339 e. The van der Waals surface area contributed by atoms with Crippen molar-refractivity contribution >= 4 is 10.0 Å². The van der Waals surface area contributed by atoms with E-state index in [1.807, 2.05) is 20.8 Å². The first-order valence-corrected chi connectivity index (χ1v) is 11.6. The molecule has 0 amide bonds. The van der Waals surface area contributed by atoms with Crippen molar-refractivity contribution in [2.45, 2.75) is 76.7 Å². The van der Waals surface area contributed by atoms with E-state index in [1.54, 1.807) is 15.9 Å². The Labute approximate surface area is 166 Å². The summed E-state index contributed by atoms with van der Waals surface area (Å²) >= 11 is 0. The van der Waals surface area contributed by atoms with Gasteiger partial charge in [0, 0.05) is 31.5 Å². The molecule has 1 aliphatic carbocycles. The van der Waals surface area contributed by atoms with E-state index in [-0.39, 0.29) is 12.0 Å². The van der Waals surface area contributed by atoms with Crippen LogP contribution in [0.15, 0.2) is 9.42 Å². The van der Waals surface area contributed by atoms with Gasteiger partial charge in [-0.05, 0) is 59.3 Å². The van der Waals surface area contributed by atoms with Crippen molar-refractivity contribution in [3.05, 3.63) is 23.1 Å². The van der Waals surface area contributed by atoms with E-state index in [0.717, 1.165) is 31.5 Å². The number of nitrogens with zero attached hydrogens (tertiary/aromatic N) is 5. The van der Waals surface area contributed by atoms with Crippen LogP contribution in [0.4, 0.5) is 0 Å². The van der Waals surface area contributed by atoms with Gasteiger partial charge in [-0.2, -0.15) is 14.4 Å². The molecule has 1 atom stereocenters. The maximum Gasteiger partial charge on any atom is 0.246 e. The van der Waals surface area contributed by atoms with E-state index in [9.17, 15) is 8.42 Å². The zero-order valence-electron chi connectivity index (χ0n) is 17.1. The minimum Gasteiger partial charge on any atom is -0.339 e. The van der Waals surface area contributed by atoms with Gasteiger partial charge in [-0.3, -0.25) is 4.68 Å². The van der Waals surface area contributed by atoms with E-state index in [2.05, 4.69) is 15.2 Å². The molecular weight excluding hydrogens is 378 g/mol. The second-order valence-corrected chi connectivity index (χ2v) is 10.3. The Hall–Kier alpha value is -1.74. The molecule has 0 bridgehead atoms. The molecule has 28 heavy (non-hydrogen) atoms. The molecule has 2 aromatic rings. The lowest BCUT2D eigenvalue weighted by atomic mass is 9.96. The third-order valence-electron chi connectivity index (χ3n) is 5.72. The van der Waals surface area contributed by atoms with Gasteiger partial charge in [-0.1, -0.05) is 5.16 Å². The number of piperidine rings is 1. The highest BCUT2D eigenvalue weighted by Crippen LogP contribution is 2.38. The summed E-state index contributed by atoms with van der Waals surface area (Å²) in [5.41, 5.74) is 1.28. The molecule has 0 N–H and O–H groups in total. The van der Waals surface area contributed by atoms with Crippen LogP contribution in [-0.4, -0.2) is 45.7 Å². The van der Waals surface area contributed by atoms with Gasteiger partial charge >= 0.3 is 0 Å². The first-order valence-electron chi connectivity index (χ1n) is 10.2. The van der Waals surface area contributed by atoms with Gasteiger partial charge in [0.25, 0.3) is 0 Å². The summed E-state index contributed by atoms with van der Waals surface area (Å²) < 4.78 is 35.6. The van der Waals surface area contributed by atoms with Crippen LogP contribution in [0.5, 0.6) is 0 Å². The molecule has 0 aromatic carbocycles. The fourth-order valence-electron chi connectivity index (χ4n) is 4.17. The van der Waals surface area contributed by atoms with E-state index < -0.39 is 10.0 Å². The summed E-state index contributed by atoms with van der Waals surface area (Å²) in [5, 5.41) is 8.53. The van der Waals surface area contributed by atoms with Crippen LogP contribution in [-0.2, 0) is 16.4 Å². The average Bonchev–Trinajstić information content (AvgIpc) is 3.30. The molecule has 4 rings (SSSR count). The fraction of sp³-hybridized carbons (Fsp3) is 0.737. The molecule has 2 fully saturated rings. The van der Waals surface area contributed by atoms with Crippen molar-refractivity contribution < 1.29 is 12.9 Å². The summed E-state index contributed by atoms with van der Waals surface area (Å²) in [7, 11) is -3.58. The van der Waals surface area contributed by atoms with E-state index in [4.69, 9.17) is 4.52 Å². The Bertz CT molecular complexity index is 958. The summed E-state index contributed by atoms with van der Waals surface area (Å²) in [6.45, 7) is 8.65. The molecule has 1 aliphatic heterocycles. The van der Waals surface area contributed by atoms with Crippen LogP contribution in [0.1, 0.15) is 74.6 Å². The summed E-state index contributed by atoms with van der Waals surface area (Å²) in [4.78, 5) is 4.86. The van der Waals surface area contributed by atoms with Crippen molar-refractivity contribution in [3.63, 3.8) is 0 Å². The molecule has 8 nitrogen and oxygen atoms in total. The number of hydrogen-bond donors (Lipinski definition) is 0. The first-order chi connectivity index (χ1) is 13.3. The van der Waals surface area contributed by atoms with E-state index in [0.29, 0.717) is 47.6 Å². The van der Waals surface area contributed by atoms with Crippen LogP contribution >= 0.6 is 0 Å². The Kier molecular flexibility index (Phi) is 5.07. The SMILES string of the molecule is Cc1nn(C(C)C)c(C)c1S(=O)(=O)N1CCCC(Cc2nc(C3CC3)no2)C1. The lowest BCUT2D eigenvalue weighted by molar-refractivity contribution is 0.246. The number of aromatic nitrogens is 4. The number of rotatable bonds is 6. The summed E-state index contributed by atoms with van der Waals surface area (Å²) in [5.74, 6) is 2.09. The predicted molar refractivity (Wildman–Crippen MR) is 104 cm³/mol. The van der Waals surface area contributed by atoms with Crippen molar-refractivity contribution in [1.29, 1.82) is 0 Å². The third-order valence-corrected chi connectivity index (χ3v) is 7.84. The summed E-state index contributed by atoms with van der Waals surface area (Å²) in [6.07, 6.45) is 4.71. The fourth-order valence-corrected chi connectivity index (χ4v) is 6.09. The van der Waals surface area contributed by atoms with Gasteiger partial charge in [-0.15, -0.1) is 0 Å². The molecule has 9 heteroatoms. The van der Waals surface area contributed by atoms with Gasteiger partial charge < -0.3 is 4.52 Å². The zero-order valence-corrected chi connectivity index (χ0v) is 17.9. The average molecular weight is 408 g/mol. The molecule has 154 valence electrons. The smallest absolute Gasteiger partial charge is 0.246 e. The highest BCUT2D eigenvalue weighted by Gasteiger charge is 2.35. The maximum absolute atomic E-state index is 13.4. The van der Waals surface area contributed by atoms with Gasteiger partial charge in [-0.25, -0.2) is 8.42 Å². The third kappa shape index (κ3) is 3.61. The maximum atomic E-state index is 13.4. The highest BCUT2D eigenvalue weighted by atomic mass is 32.2. The van der Waals surface area contributed by atoms with E-state index in [1.165, 1.54) is 0 Å². The molecule has 2 aliphatic rings. The van der Waals surface area contributed by atoms with Gasteiger partial charge in [0.1, 0.15) is 4.90 Å². The molecule has 0 spiro atoms. The zero-order chi connectivity index (χ0) is 20.1.